The van der Waals surface area contributed by atoms with Gasteiger partial charge in [-0.3, -0.25) is 9.78 Å². The van der Waals surface area contributed by atoms with Crippen LogP contribution in [0, 0.1) is 11.8 Å². The monoisotopic (exact) mass is 289 g/mol. The van der Waals surface area contributed by atoms with Gasteiger partial charge < -0.3 is 10.6 Å². The molecular weight excluding hydrogens is 262 g/mol. The Labute approximate surface area is 127 Å². The standard InChI is InChI=1S/C17H27N3O/c1-13(2)20(12-15-4-3-9-19-11-15)17(21)16-7-5-14(10-18)6-8-16/h3-4,9,11,13-14,16H,5-8,10,12,18H2,1-2H3. The number of pyridine rings is 1. The Hall–Kier alpha value is -1.42. The largest absolute Gasteiger partial charge is 0.336 e. The molecule has 4 nitrogen and oxygen atoms in total. The Balaban J connectivity index is 1.99. The minimum absolute atomic E-state index is 0.173. The maximum atomic E-state index is 12.8. The molecule has 21 heavy (non-hydrogen) atoms. The van der Waals surface area contributed by atoms with E-state index in [-0.39, 0.29) is 12.0 Å². The van der Waals surface area contributed by atoms with Gasteiger partial charge in [-0.15, -0.1) is 0 Å². The predicted octanol–water partition coefficient (Wildman–Crippen LogP) is 2.58. The van der Waals surface area contributed by atoms with E-state index in [1.807, 2.05) is 23.2 Å². The average molecular weight is 289 g/mol. The zero-order valence-corrected chi connectivity index (χ0v) is 13.2. The zero-order valence-electron chi connectivity index (χ0n) is 13.2. The number of amides is 1. The van der Waals surface area contributed by atoms with Gasteiger partial charge in [-0.1, -0.05) is 6.07 Å². The van der Waals surface area contributed by atoms with Gasteiger partial charge in [0.1, 0.15) is 0 Å². The number of carbonyl (C=O) groups excluding carboxylic acids is 1. The summed E-state index contributed by atoms with van der Waals surface area (Å²) in [5.41, 5.74) is 6.83. The summed E-state index contributed by atoms with van der Waals surface area (Å²) >= 11 is 0. The molecule has 0 spiro atoms. The quantitative estimate of drug-likeness (QED) is 0.906. The SMILES string of the molecule is CC(C)N(Cc1cccnc1)C(=O)C1CCC(CN)CC1. The highest BCUT2D eigenvalue weighted by atomic mass is 16.2. The van der Waals surface area contributed by atoms with E-state index in [1.165, 1.54) is 0 Å². The summed E-state index contributed by atoms with van der Waals surface area (Å²) in [5, 5.41) is 0. The van der Waals surface area contributed by atoms with Gasteiger partial charge in [0.05, 0.1) is 0 Å². The van der Waals surface area contributed by atoms with Crippen LogP contribution >= 0.6 is 0 Å². The summed E-state index contributed by atoms with van der Waals surface area (Å²) in [6.45, 7) is 5.57. The fourth-order valence-electron chi connectivity index (χ4n) is 3.08. The van der Waals surface area contributed by atoms with Crippen molar-refractivity contribution in [2.24, 2.45) is 17.6 Å². The van der Waals surface area contributed by atoms with E-state index in [0.717, 1.165) is 37.8 Å². The third-order valence-corrected chi connectivity index (χ3v) is 4.51. The van der Waals surface area contributed by atoms with Gasteiger partial charge in [0.2, 0.25) is 5.91 Å². The van der Waals surface area contributed by atoms with Crippen LogP contribution in [0.5, 0.6) is 0 Å². The van der Waals surface area contributed by atoms with E-state index in [2.05, 4.69) is 18.8 Å². The predicted molar refractivity (Wildman–Crippen MR) is 84.4 cm³/mol. The van der Waals surface area contributed by atoms with Crippen LogP contribution in [0.4, 0.5) is 0 Å². The molecular formula is C17H27N3O. The molecule has 0 bridgehead atoms. The molecule has 2 N–H and O–H groups in total. The van der Waals surface area contributed by atoms with Gasteiger partial charge in [-0.25, -0.2) is 0 Å². The number of nitrogens with two attached hydrogens (primary N) is 1. The molecule has 1 aliphatic rings. The Bertz CT molecular complexity index is 439. The van der Waals surface area contributed by atoms with Crippen molar-refractivity contribution < 1.29 is 4.79 Å². The molecule has 1 heterocycles. The fourth-order valence-corrected chi connectivity index (χ4v) is 3.08. The number of nitrogens with zero attached hydrogens (tertiary/aromatic N) is 2. The molecule has 0 saturated heterocycles. The summed E-state index contributed by atoms with van der Waals surface area (Å²) in [4.78, 5) is 18.9. The van der Waals surface area contributed by atoms with Crippen LogP contribution in [0.25, 0.3) is 0 Å². The summed E-state index contributed by atoms with van der Waals surface area (Å²) in [5.74, 6) is 1.08. The first-order chi connectivity index (χ1) is 10.1. The topological polar surface area (TPSA) is 59.2 Å². The molecule has 1 aliphatic carbocycles. The van der Waals surface area contributed by atoms with Crippen LogP contribution in [-0.4, -0.2) is 28.4 Å². The third kappa shape index (κ3) is 4.27. The summed E-state index contributed by atoms with van der Waals surface area (Å²) < 4.78 is 0. The molecule has 116 valence electrons. The number of rotatable bonds is 5. The lowest BCUT2D eigenvalue weighted by Gasteiger charge is -2.34. The second-order valence-electron chi connectivity index (χ2n) is 6.37. The van der Waals surface area contributed by atoms with Crippen molar-refractivity contribution in [3.63, 3.8) is 0 Å². The molecule has 1 aromatic heterocycles. The Morgan fingerprint density at radius 3 is 2.62 bits per heavy atom. The molecule has 1 saturated carbocycles. The molecule has 0 aromatic carbocycles. The first-order valence-electron chi connectivity index (χ1n) is 8.01. The third-order valence-electron chi connectivity index (χ3n) is 4.51. The molecule has 0 unspecified atom stereocenters. The second-order valence-corrected chi connectivity index (χ2v) is 6.37. The van der Waals surface area contributed by atoms with Gasteiger partial charge in [0.15, 0.2) is 0 Å². The van der Waals surface area contributed by atoms with Crippen molar-refractivity contribution in [1.29, 1.82) is 0 Å². The van der Waals surface area contributed by atoms with Gasteiger partial charge >= 0.3 is 0 Å². The first kappa shape index (κ1) is 16.0. The maximum Gasteiger partial charge on any atom is 0.226 e. The van der Waals surface area contributed by atoms with Crippen LogP contribution in [0.2, 0.25) is 0 Å². The van der Waals surface area contributed by atoms with E-state index in [1.54, 1.807) is 6.20 Å². The molecule has 0 radical (unpaired) electrons. The minimum atomic E-state index is 0.173. The molecule has 0 atom stereocenters. The molecule has 1 aromatic rings. The van der Waals surface area contributed by atoms with Crippen LogP contribution in [-0.2, 0) is 11.3 Å². The van der Waals surface area contributed by atoms with Crippen LogP contribution < -0.4 is 5.73 Å². The van der Waals surface area contributed by atoms with Gasteiger partial charge in [0, 0.05) is 30.9 Å². The van der Waals surface area contributed by atoms with Crippen molar-refractivity contribution in [1.82, 2.24) is 9.88 Å². The van der Waals surface area contributed by atoms with Gasteiger partial charge in [0.25, 0.3) is 0 Å². The Kier molecular flexibility index (Phi) is 5.74. The lowest BCUT2D eigenvalue weighted by atomic mass is 9.81. The van der Waals surface area contributed by atoms with E-state index in [9.17, 15) is 4.79 Å². The summed E-state index contributed by atoms with van der Waals surface area (Å²) in [6.07, 6.45) is 7.75. The zero-order chi connectivity index (χ0) is 15.2. The van der Waals surface area contributed by atoms with Gasteiger partial charge in [-0.2, -0.15) is 0 Å². The molecule has 4 heteroatoms. The van der Waals surface area contributed by atoms with E-state index in [4.69, 9.17) is 5.73 Å². The van der Waals surface area contributed by atoms with Crippen molar-refractivity contribution in [3.8, 4) is 0 Å². The van der Waals surface area contributed by atoms with E-state index < -0.39 is 0 Å². The van der Waals surface area contributed by atoms with Crippen molar-refractivity contribution in [2.75, 3.05) is 6.54 Å². The summed E-state index contributed by atoms with van der Waals surface area (Å²) in [6, 6.07) is 4.16. The van der Waals surface area contributed by atoms with E-state index in [0.29, 0.717) is 18.4 Å². The lowest BCUT2D eigenvalue weighted by molar-refractivity contribution is -0.139. The molecule has 1 amide bonds. The highest BCUT2D eigenvalue weighted by Crippen LogP contribution is 2.30. The molecule has 2 rings (SSSR count). The number of aromatic nitrogens is 1. The second kappa shape index (κ2) is 7.55. The van der Waals surface area contributed by atoms with Crippen LogP contribution in [0.3, 0.4) is 0 Å². The lowest BCUT2D eigenvalue weighted by Crippen LogP contribution is -2.41. The first-order valence-corrected chi connectivity index (χ1v) is 8.01. The average Bonchev–Trinajstić information content (AvgIpc) is 2.53. The van der Waals surface area contributed by atoms with Crippen LogP contribution in [0.15, 0.2) is 24.5 Å². The van der Waals surface area contributed by atoms with Crippen molar-refractivity contribution >= 4 is 5.91 Å². The molecule has 0 aliphatic heterocycles. The Morgan fingerprint density at radius 2 is 2.10 bits per heavy atom. The van der Waals surface area contributed by atoms with E-state index >= 15 is 0 Å². The van der Waals surface area contributed by atoms with Gasteiger partial charge in [-0.05, 0) is 63.6 Å². The molecule has 1 fully saturated rings. The number of hydrogen-bond acceptors (Lipinski definition) is 3. The van der Waals surface area contributed by atoms with Crippen molar-refractivity contribution in [2.45, 2.75) is 52.1 Å². The Morgan fingerprint density at radius 1 is 1.38 bits per heavy atom. The number of carbonyl (C=O) groups is 1. The number of hydrogen-bond donors (Lipinski definition) is 1. The fraction of sp³-hybridized carbons (Fsp3) is 0.647. The minimum Gasteiger partial charge on any atom is -0.336 e. The van der Waals surface area contributed by atoms with Crippen molar-refractivity contribution in [3.05, 3.63) is 30.1 Å². The van der Waals surface area contributed by atoms with Crippen LogP contribution in [0.1, 0.15) is 45.1 Å². The maximum absolute atomic E-state index is 12.8. The summed E-state index contributed by atoms with van der Waals surface area (Å²) in [7, 11) is 0. The normalized spacial score (nSPS) is 22.3. The highest BCUT2D eigenvalue weighted by molar-refractivity contribution is 5.79. The highest BCUT2D eigenvalue weighted by Gasteiger charge is 2.30. The smallest absolute Gasteiger partial charge is 0.226 e.